The number of ether oxygens (including phenoxy) is 1. The first-order chi connectivity index (χ1) is 17.7. The van der Waals surface area contributed by atoms with Gasteiger partial charge in [0, 0.05) is 18.5 Å². The van der Waals surface area contributed by atoms with Crippen LogP contribution in [0.15, 0.2) is 60.7 Å². The molecule has 1 unspecified atom stereocenters. The molecule has 1 aromatic heterocycles. The summed E-state index contributed by atoms with van der Waals surface area (Å²) in [6.07, 6.45) is 1.60. The molecule has 2 aromatic carbocycles. The molecular weight excluding hydrogens is 468 g/mol. The van der Waals surface area contributed by atoms with Crippen molar-refractivity contribution in [2.45, 2.75) is 64.6 Å². The SMILES string of the molecule is CCC(C)(CC)c1cc2n(n1)C(=O)C(C)(C(=O)NCc1ccccc1)N(Cc1ccc(OC)cc1)C2=O. The number of hydrogen-bond acceptors (Lipinski definition) is 5. The Kier molecular flexibility index (Phi) is 7.21. The van der Waals surface area contributed by atoms with Gasteiger partial charge in [-0.25, -0.2) is 0 Å². The zero-order chi connectivity index (χ0) is 26.8. The van der Waals surface area contributed by atoms with E-state index < -0.39 is 23.3 Å². The highest BCUT2D eigenvalue weighted by Gasteiger charge is 2.55. The lowest BCUT2D eigenvalue weighted by molar-refractivity contribution is -0.129. The zero-order valence-electron chi connectivity index (χ0n) is 22.1. The van der Waals surface area contributed by atoms with Crippen LogP contribution in [0.3, 0.4) is 0 Å². The Morgan fingerprint density at radius 1 is 1.03 bits per heavy atom. The maximum absolute atomic E-state index is 14.0. The van der Waals surface area contributed by atoms with Gasteiger partial charge < -0.3 is 15.0 Å². The number of carbonyl (C=O) groups is 3. The highest BCUT2D eigenvalue weighted by atomic mass is 16.5. The summed E-state index contributed by atoms with van der Waals surface area (Å²) in [5.74, 6) is -0.850. The molecule has 0 radical (unpaired) electrons. The molecule has 4 rings (SSSR count). The minimum absolute atomic E-state index is 0.0726. The van der Waals surface area contributed by atoms with Crippen LogP contribution in [-0.2, 0) is 23.3 Å². The van der Waals surface area contributed by atoms with Crippen molar-refractivity contribution in [3.05, 3.63) is 83.2 Å². The van der Waals surface area contributed by atoms with Gasteiger partial charge in [-0.15, -0.1) is 0 Å². The average molecular weight is 503 g/mol. The lowest BCUT2D eigenvalue weighted by Gasteiger charge is -2.41. The van der Waals surface area contributed by atoms with E-state index in [0.717, 1.165) is 28.7 Å². The maximum Gasteiger partial charge on any atom is 0.283 e. The van der Waals surface area contributed by atoms with E-state index in [2.05, 4.69) is 31.2 Å². The van der Waals surface area contributed by atoms with Gasteiger partial charge >= 0.3 is 0 Å². The zero-order valence-corrected chi connectivity index (χ0v) is 22.1. The predicted octanol–water partition coefficient (Wildman–Crippen LogP) is 4.34. The fourth-order valence-corrected chi connectivity index (χ4v) is 4.57. The fourth-order valence-electron chi connectivity index (χ4n) is 4.57. The largest absolute Gasteiger partial charge is 0.497 e. The van der Waals surface area contributed by atoms with Gasteiger partial charge in [0.1, 0.15) is 11.4 Å². The molecule has 0 bridgehead atoms. The number of rotatable bonds is 9. The monoisotopic (exact) mass is 502 g/mol. The van der Waals surface area contributed by atoms with Gasteiger partial charge in [0.15, 0.2) is 0 Å². The van der Waals surface area contributed by atoms with Crippen molar-refractivity contribution in [3.63, 3.8) is 0 Å². The lowest BCUT2D eigenvalue weighted by atomic mass is 9.81. The number of hydrogen-bond donors (Lipinski definition) is 1. The van der Waals surface area contributed by atoms with Crippen molar-refractivity contribution < 1.29 is 19.1 Å². The van der Waals surface area contributed by atoms with Gasteiger partial charge in [0.25, 0.3) is 17.7 Å². The molecule has 1 aliphatic rings. The van der Waals surface area contributed by atoms with E-state index in [0.29, 0.717) is 11.4 Å². The summed E-state index contributed by atoms with van der Waals surface area (Å²) < 4.78 is 6.38. The minimum Gasteiger partial charge on any atom is -0.497 e. The van der Waals surface area contributed by atoms with E-state index in [1.54, 1.807) is 25.3 Å². The van der Waals surface area contributed by atoms with Crippen molar-refractivity contribution in [1.82, 2.24) is 20.0 Å². The molecule has 1 atom stereocenters. The van der Waals surface area contributed by atoms with Crippen molar-refractivity contribution >= 4 is 17.7 Å². The van der Waals surface area contributed by atoms with Crippen LogP contribution in [0.4, 0.5) is 0 Å². The van der Waals surface area contributed by atoms with Gasteiger partial charge in [-0.1, -0.05) is 63.2 Å². The van der Waals surface area contributed by atoms with Crippen molar-refractivity contribution in [1.29, 1.82) is 0 Å². The third-order valence-corrected chi connectivity index (χ3v) is 7.74. The summed E-state index contributed by atoms with van der Waals surface area (Å²) >= 11 is 0. The van der Waals surface area contributed by atoms with Gasteiger partial charge in [-0.05, 0) is 49.1 Å². The van der Waals surface area contributed by atoms with Crippen molar-refractivity contribution in [3.8, 4) is 5.75 Å². The minimum atomic E-state index is -1.79. The average Bonchev–Trinajstić information content (AvgIpc) is 3.40. The number of nitrogens with one attached hydrogen (secondary N) is 1. The van der Waals surface area contributed by atoms with E-state index in [4.69, 9.17) is 4.74 Å². The van der Waals surface area contributed by atoms with Crippen LogP contribution < -0.4 is 10.1 Å². The van der Waals surface area contributed by atoms with Crippen molar-refractivity contribution in [2.75, 3.05) is 7.11 Å². The van der Waals surface area contributed by atoms with Crippen molar-refractivity contribution in [2.24, 2.45) is 0 Å². The summed E-state index contributed by atoms with van der Waals surface area (Å²) in [5.41, 5.74) is 0.417. The molecule has 8 nitrogen and oxygen atoms in total. The Morgan fingerprint density at radius 3 is 2.27 bits per heavy atom. The number of benzene rings is 2. The van der Waals surface area contributed by atoms with Gasteiger partial charge in [-0.2, -0.15) is 9.78 Å². The molecule has 2 heterocycles. The van der Waals surface area contributed by atoms with Crippen LogP contribution in [0.5, 0.6) is 5.75 Å². The first-order valence-corrected chi connectivity index (χ1v) is 12.6. The summed E-state index contributed by atoms with van der Waals surface area (Å²) in [7, 11) is 1.58. The standard InChI is InChI=1S/C29H34N4O4/c1-6-28(3,7-2)24-17-23-25(34)32(19-21-13-15-22(37-5)16-14-21)29(4,27(36)33(23)31-24)26(35)30-18-20-11-9-8-10-12-20/h8-17H,6-7,18-19H2,1-5H3,(H,30,35). The maximum atomic E-state index is 14.0. The van der Waals surface area contributed by atoms with Crippen LogP contribution in [-0.4, -0.2) is 45.1 Å². The number of aromatic nitrogens is 2. The number of carbonyl (C=O) groups excluding carboxylic acids is 3. The molecule has 3 aromatic rings. The summed E-state index contributed by atoms with van der Waals surface area (Å²) in [4.78, 5) is 42.9. The predicted molar refractivity (Wildman–Crippen MR) is 140 cm³/mol. The lowest BCUT2D eigenvalue weighted by Crippen LogP contribution is -2.67. The molecule has 2 amide bonds. The normalized spacial score (nSPS) is 17.5. The second kappa shape index (κ2) is 10.2. The van der Waals surface area contributed by atoms with Crippen LogP contribution in [0.1, 0.15) is 72.6 Å². The third-order valence-electron chi connectivity index (χ3n) is 7.74. The molecule has 1 N–H and O–H groups in total. The van der Waals surface area contributed by atoms with E-state index in [9.17, 15) is 14.4 Å². The Balaban J connectivity index is 1.76. The van der Waals surface area contributed by atoms with E-state index >= 15 is 0 Å². The topological polar surface area (TPSA) is 93.5 Å². The number of methoxy groups -OCH3 is 1. The number of amides is 2. The smallest absolute Gasteiger partial charge is 0.283 e. The number of fused-ring (bicyclic) bond motifs is 1. The summed E-state index contributed by atoms with van der Waals surface area (Å²) in [6.45, 7) is 7.99. The summed E-state index contributed by atoms with van der Waals surface area (Å²) in [5, 5.41) is 7.45. The molecule has 194 valence electrons. The van der Waals surface area contributed by atoms with Gasteiger partial charge in [-0.3, -0.25) is 14.4 Å². The first-order valence-electron chi connectivity index (χ1n) is 12.6. The Hall–Kier alpha value is -3.94. The quantitative estimate of drug-likeness (QED) is 0.440. The highest BCUT2D eigenvalue weighted by molar-refractivity contribution is 6.17. The van der Waals surface area contributed by atoms with Gasteiger partial charge in [0.2, 0.25) is 5.54 Å². The Bertz CT molecular complexity index is 1300. The number of nitrogens with zero attached hydrogens (tertiary/aromatic N) is 3. The van der Waals surface area contributed by atoms with E-state index in [1.165, 1.54) is 11.8 Å². The molecule has 0 aliphatic carbocycles. The molecule has 37 heavy (non-hydrogen) atoms. The Morgan fingerprint density at radius 2 is 1.68 bits per heavy atom. The molecule has 0 fully saturated rings. The second-order valence-electron chi connectivity index (χ2n) is 9.88. The third kappa shape index (κ3) is 4.63. The highest BCUT2D eigenvalue weighted by Crippen LogP contribution is 2.35. The second-order valence-corrected chi connectivity index (χ2v) is 9.88. The van der Waals surface area contributed by atoms with Crippen LogP contribution in [0.25, 0.3) is 0 Å². The molecular formula is C29H34N4O4. The molecule has 0 saturated carbocycles. The Labute approximate surface area is 217 Å². The molecule has 1 aliphatic heterocycles. The molecule has 0 spiro atoms. The first kappa shape index (κ1) is 26.1. The molecule has 8 heteroatoms. The molecule has 0 saturated heterocycles. The van der Waals surface area contributed by atoms with Crippen LogP contribution in [0.2, 0.25) is 0 Å². The summed E-state index contributed by atoms with van der Waals surface area (Å²) in [6, 6.07) is 18.3. The van der Waals surface area contributed by atoms with Gasteiger partial charge in [0.05, 0.1) is 12.8 Å². The van der Waals surface area contributed by atoms with Crippen LogP contribution >= 0.6 is 0 Å². The van der Waals surface area contributed by atoms with Crippen LogP contribution in [0, 0.1) is 0 Å². The van der Waals surface area contributed by atoms with E-state index in [-0.39, 0.29) is 24.2 Å². The fraction of sp³-hybridized carbons (Fsp3) is 0.379. The van der Waals surface area contributed by atoms with E-state index in [1.807, 2.05) is 42.5 Å².